The second kappa shape index (κ2) is 7.59. The average molecular weight is 550 g/mol. The minimum atomic E-state index is -0.504. The number of hydrogen-bond donors (Lipinski definition) is 6. The summed E-state index contributed by atoms with van der Waals surface area (Å²) in [7, 11) is 2.84. The minimum absolute atomic E-state index is 0.138. The molecule has 8 nitrogen and oxygen atoms in total. The number of aromatic hydroxyl groups is 6. The Hall–Kier alpha value is -3.47. The van der Waals surface area contributed by atoms with Crippen LogP contribution < -0.4 is 9.47 Å². The van der Waals surface area contributed by atoms with Gasteiger partial charge in [0, 0.05) is 48.4 Å². The summed E-state index contributed by atoms with van der Waals surface area (Å²) in [6.45, 7) is 1.68. The molecule has 0 aliphatic carbocycles. The van der Waals surface area contributed by atoms with Gasteiger partial charge in [0.05, 0.1) is 14.2 Å². The van der Waals surface area contributed by atoms with Crippen LogP contribution in [0.5, 0.6) is 46.0 Å². The van der Waals surface area contributed by atoms with Gasteiger partial charge in [0.25, 0.3) is 0 Å². The highest BCUT2D eigenvalue weighted by Crippen LogP contribution is 2.55. The maximum atomic E-state index is 10.8. The van der Waals surface area contributed by atoms with Gasteiger partial charge >= 0.3 is 0 Å². The third-order valence-corrected chi connectivity index (χ3v) is 6.29. The number of phenols is 6. The van der Waals surface area contributed by atoms with E-state index < -0.39 is 23.0 Å². The fraction of sp³-hybridized carbons (Fsp3) is 0.130. The summed E-state index contributed by atoms with van der Waals surface area (Å²) >= 11 is 1.94. The first kappa shape index (κ1) is 21.8. The van der Waals surface area contributed by atoms with Crippen molar-refractivity contribution in [3.8, 4) is 57.1 Å². The molecular weight excluding hydrogens is 531 g/mol. The molecule has 0 amide bonds. The van der Waals surface area contributed by atoms with Crippen LogP contribution >= 0.6 is 22.6 Å². The molecule has 0 atom stereocenters. The van der Waals surface area contributed by atoms with Crippen molar-refractivity contribution in [2.75, 3.05) is 14.2 Å². The predicted molar refractivity (Wildman–Crippen MR) is 127 cm³/mol. The van der Waals surface area contributed by atoms with E-state index in [1.807, 2.05) is 22.6 Å². The molecular formula is C23H19IO8. The quantitative estimate of drug-likeness (QED) is 0.121. The van der Waals surface area contributed by atoms with Crippen LogP contribution in [-0.4, -0.2) is 44.9 Å². The van der Waals surface area contributed by atoms with Crippen molar-refractivity contribution in [1.29, 1.82) is 0 Å². The van der Waals surface area contributed by atoms with Crippen LogP contribution in [0.1, 0.15) is 5.56 Å². The maximum absolute atomic E-state index is 10.8. The van der Waals surface area contributed by atoms with Crippen molar-refractivity contribution in [2.45, 2.75) is 6.92 Å². The third kappa shape index (κ3) is 2.95. The maximum Gasteiger partial charge on any atom is 0.166 e. The molecule has 32 heavy (non-hydrogen) atoms. The van der Waals surface area contributed by atoms with Crippen molar-refractivity contribution in [1.82, 2.24) is 0 Å². The van der Waals surface area contributed by atoms with E-state index in [2.05, 4.69) is 0 Å². The number of fused-ring (bicyclic) bond motifs is 2. The Morgan fingerprint density at radius 3 is 1.53 bits per heavy atom. The molecule has 166 valence electrons. The lowest BCUT2D eigenvalue weighted by atomic mass is 9.89. The van der Waals surface area contributed by atoms with Crippen molar-refractivity contribution in [2.24, 2.45) is 0 Å². The Labute approximate surface area is 195 Å². The number of halogens is 1. The van der Waals surface area contributed by atoms with Crippen molar-refractivity contribution in [3.63, 3.8) is 0 Å². The normalized spacial score (nSPS) is 11.2. The molecule has 4 aromatic rings. The molecule has 0 saturated carbocycles. The summed E-state index contributed by atoms with van der Waals surface area (Å²) < 4.78 is 11.6. The second-order valence-corrected chi connectivity index (χ2v) is 8.40. The number of phenolic OH excluding ortho intramolecular Hbond substituents is 6. The van der Waals surface area contributed by atoms with E-state index in [-0.39, 0.29) is 55.7 Å². The van der Waals surface area contributed by atoms with Gasteiger partial charge in [0.15, 0.2) is 23.0 Å². The Kier molecular flexibility index (Phi) is 5.16. The van der Waals surface area contributed by atoms with Gasteiger partial charge < -0.3 is 40.1 Å². The van der Waals surface area contributed by atoms with E-state index in [0.717, 1.165) is 12.1 Å². The van der Waals surface area contributed by atoms with Crippen LogP contribution in [0, 0.1) is 10.5 Å². The summed E-state index contributed by atoms with van der Waals surface area (Å²) in [5.41, 5.74) is 1.01. The fourth-order valence-electron chi connectivity index (χ4n) is 4.08. The molecule has 4 aromatic carbocycles. The minimum Gasteiger partial charge on any atom is -0.507 e. The zero-order valence-electron chi connectivity index (χ0n) is 17.2. The topological polar surface area (TPSA) is 140 Å². The summed E-state index contributed by atoms with van der Waals surface area (Å²) in [6, 6.07) is 5.21. The van der Waals surface area contributed by atoms with Gasteiger partial charge in [-0.15, -0.1) is 0 Å². The molecule has 4 rings (SSSR count). The molecule has 0 bridgehead atoms. The van der Waals surface area contributed by atoms with E-state index in [4.69, 9.17) is 9.47 Å². The van der Waals surface area contributed by atoms with Crippen LogP contribution in [0.15, 0.2) is 24.3 Å². The molecule has 0 radical (unpaired) electrons. The van der Waals surface area contributed by atoms with E-state index in [1.54, 1.807) is 19.1 Å². The van der Waals surface area contributed by atoms with E-state index in [1.165, 1.54) is 14.2 Å². The van der Waals surface area contributed by atoms with Gasteiger partial charge in [0.2, 0.25) is 0 Å². The number of rotatable bonds is 3. The number of benzene rings is 4. The molecule has 0 aromatic heterocycles. The summed E-state index contributed by atoms with van der Waals surface area (Å²) in [6.07, 6.45) is 0. The lowest BCUT2D eigenvalue weighted by Crippen LogP contribution is -1.98. The molecule has 0 fully saturated rings. The summed E-state index contributed by atoms with van der Waals surface area (Å²) in [5, 5.41) is 63.5. The lowest BCUT2D eigenvalue weighted by molar-refractivity contribution is 0.400. The third-order valence-electron chi connectivity index (χ3n) is 5.44. The van der Waals surface area contributed by atoms with E-state index in [0.29, 0.717) is 9.13 Å². The lowest BCUT2D eigenvalue weighted by Gasteiger charge is -2.21. The second-order valence-electron chi connectivity index (χ2n) is 7.23. The SMILES string of the molecule is COc1cc(C)c2c(O)c(O)cc(O)c2c1-c1c(OC)cc(I)c2c(O)c(O)cc(O)c12. The number of hydrogen-bond acceptors (Lipinski definition) is 8. The van der Waals surface area contributed by atoms with Gasteiger partial charge in [-0.3, -0.25) is 0 Å². The van der Waals surface area contributed by atoms with E-state index >= 15 is 0 Å². The molecule has 0 aliphatic rings. The number of methoxy groups -OCH3 is 2. The van der Waals surface area contributed by atoms with Gasteiger partial charge in [-0.1, -0.05) is 0 Å². The molecule has 0 aliphatic heterocycles. The molecule has 6 N–H and O–H groups in total. The number of aryl methyl sites for hydroxylation is 1. The van der Waals surface area contributed by atoms with Crippen LogP contribution in [-0.2, 0) is 0 Å². The summed E-state index contributed by atoms with van der Waals surface area (Å²) in [4.78, 5) is 0. The monoisotopic (exact) mass is 550 g/mol. The zero-order chi connectivity index (χ0) is 23.5. The molecule has 0 saturated heterocycles. The highest BCUT2D eigenvalue weighted by Gasteiger charge is 2.28. The number of ether oxygens (including phenoxy) is 2. The first-order chi connectivity index (χ1) is 15.1. The first-order valence-corrected chi connectivity index (χ1v) is 10.4. The van der Waals surface area contributed by atoms with Crippen LogP contribution in [0.4, 0.5) is 0 Å². The van der Waals surface area contributed by atoms with Crippen molar-refractivity contribution in [3.05, 3.63) is 33.4 Å². The Balaban J connectivity index is 2.38. The van der Waals surface area contributed by atoms with Gasteiger partial charge in [-0.05, 0) is 47.2 Å². The van der Waals surface area contributed by atoms with Crippen molar-refractivity contribution < 1.29 is 40.1 Å². The van der Waals surface area contributed by atoms with Gasteiger partial charge in [-0.25, -0.2) is 0 Å². The first-order valence-electron chi connectivity index (χ1n) is 9.31. The zero-order valence-corrected chi connectivity index (χ0v) is 19.3. The summed E-state index contributed by atoms with van der Waals surface area (Å²) in [5.74, 6) is -2.01. The Morgan fingerprint density at radius 2 is 1.03 bits per heavy atom. The molecule has 9 heteroatoms. The largest absolute Gasteiger partial charge is 0.507 e. The fourth-order valence-corrected chi connectivity index (χ4v) is 4.88. The van der Waals surface area contributed by atoms with Gasteiger partial charge in [-0.2, -0.15) is 0 Å². The highest BCUT2D eigenvalue weighted by atomic mass is 127. The van der Waals surface area contributed by atoms with Crippen molar-refractivity contribution >= 4 is 44.1 Å². The van der Waals surface area contributed by atoms with Crippen LogP contribution in [0.25, 0.3) is 32.7 Å². The Bertz CT molecular complexity index is 1320. The molecule has 0 unspecified atom stereocenters. The smallest absolute Gasteiger partial charge is 0.166 e. The standard InChI is InChI=1S/C23H19IO8/c1-8-4-14(31-2)20(18-10(25)6-12(27)22(29)16(8)18)21-15(32-3)5-9(24)17-19(21)11(26)7-13(28)23(17)30/h4-7,25-30H,1-3H3. The molecule has 0 heterocycles. The van der Waals surface area contributed by atoms with E-state index in [9.17, 15) is 30.6 Å². The van der Waals surface area contributed by atoms with Crippen LogP contribution in [0.2, 0.25) is 0 Å². The Morgan fingerprint density at radius 1 is 0.594 bits per heavy atom. The van der Waals surface area contributed by atoms with Gasteiger partial charge in [0.1, 0.15) is 23.0 Å². The average Bonchev–Trinajstić information content (AvgIpc) is 2.74. The van der Waals surface area contributed by atoms with Crippen LogP contribution in [0.3, 0.4) is 0 Å². The highest BCUT2D eigenvalue weighted by molar-refractivity contribution is 14.1. The predicted octanol–water partition coefficient (Wildman–Crippen LogP) is 4.82. The molecule has 0 spiro atoms.